The molecule has 1 heterocycles. The Kier molecular flexibility index (Phi) is 5.68. The van der Waals surface area contributed by atoms with E-state index < -0.39 is 11.8 Å². The molecule has 0 atom stereocenters. The van der Waals surface area contributed by atoms with E-state index in [0.29, 0.717) is 15.6 Å². The number of hydrogen-bond acceptors (Lipinski definition) is 4. The van der Waals surface area contributed by atoms with Crippen LogP contribution in [-0.4, -0.2) is 26.6 Å². The van der Waals surface area contributed by atoms with Gasteiger partial charge in [0.1, 0.15) is 6.54 Å². The van der Waals surface area contributed by atoms with Crippen LogP contribution in [0.3, 0.4) is 0 Å². The number of rotatable bonds is 4. The van der Waals surface area contributed by atoms with Gasteiger partial charge in [-0.15, -0.1) is 0 Å². The zero-order chi connectivity index (χ0) is 19.4. The normalized spacial score (nSPS) is 10.4. The highest BCUT2D eigenvalue weighted by Crippen LogP contribution is 2.18. The van der Waals surface area contributed by atoms with Gasteiger partial charge in [-0.1, -0.05) is 53.6 Å². The smallest absolute Gasteiger partial charge is 0.271 e. The molecule has 0 saturated carbocycles. The minimum absolute atomic E-state index is 0.110. The van der Waals surface area contributed by atoms with Crippen LogP contribution in [0, 0.1) is 11.7 Å². The molecule has 7 nitrogen and oxygen atoms in total. The Morgan fingerprint density at radius 2 is 1.85 bits per heavy atom. The van der Waals surface area contributed by atoms with Gasteiger partial charge in [-0.25, -0.2) is 0 Å². The quantitative estimate of drug-likeness (QED) is 0.463. The predicted molar refractivity (Wildman–Crippen MR) is 105 cm³/mol. The van der Waals surface area contributed by atoms with E-state index in [2.05, 4.69) is 21.0 Å². The highest BCUT2D eigenvalue weighted by molar-refractivity contribution is 7.71. The molecule has 138 valence electrons. The summed E-state index contributed by atoms with van der Waals surface area (Å²) in [4.78, 5) is 24.4. The number of aromatic nitrogens is 3. The molecule has 27 heavy (non-hydrogen) atoms. The number of H-pyrrole nitrogens is 1. The first-order valence-electron chi connectivity index (χ1n) is 8.01. The number of aromatic amines is 1. The molecule has 0 fully saturated rings. The first-order valence-corrected chi connectivity index (χ1v) is 8.80. The van der Waals surface area contributed by atoms with Crippen LogP contribution in [0.2, 0.25) is 5.02 Å². The van der Waals surface area contributed by atoms with Gasteiger partial charge in [0.15, 0.2) is 10.6 Å². The van der Waals surface area contributed by atoms with Gasteiger partial charge in [-0.2, -0.15) is 5.10 Å². The molecule has 0 bridgehead atoms. The van der Waals surface area contributed by atoms with Crippen LogP contribution >= 0.6 is 23.8 Å². The maximum atomic E-state index is 12.3. The summed E-state index contributed by atoms with van der Waals surface area (Å²) in [6.45, 7) is 1.87. The van der Waals surface area contributed by atoms with Crippen molar-refractivity contribution in [3.8, 4) is 11.4 Å². The number of nitrogens with zero attached hydrogens (tertiary/aromatic N) is 2. The fourth-order valence-corrected chi connectivity index (χ4v) is 2.83. The van der Waals surface area contributed by atoms with Crippen LogP contribution in [0.5, 0.6) is 0 Å². The SMILES string of the molecule is Cc1ccc(-c2n[nH]c(=S)n2CC(=O)NNC(=O)c2ccccc2Cl)cc1. The van der Waals surface area contributed by atoms with E-state index in [-0.39, 0.29) is 12.1 Å². The third kappa shape index (κ3) is 4.42. The molecule has 1 aromatic heterocycles. The van der Waals surface area contributed by atoms with Crippen molar-refractivity contribution in [3.05, 3.63) is 69.5 Å². The topological polar surface area (TPSA) is 91.8 Å². The predicted octanol–water partition coefficient (Wildman–Crippen LogP) is 3.03. The average Bonchev–Trinajstić information content (AvgIpc) is 3.01. The number of benzene rings is 2. The van der Waals surface area contributed by atoms with E-state index >= 15 is 0 Å². The number of amides is 2. The van der Waals surface area contributed by atoms with Gasteiger partial charge in [0, 0.05) is 5.56 Å². The van der Waals surface area contributed by atoms with Crippen molar-refractivity contribution in [1.29, 1.82) is 0 Å². The van der Waals surface area contributed by atoms with Crippen molar-refractivity contribution in [2.24, 2.45) is 0 Å². The molecule has 0 aliphatic rings. The molecule has 9 heteroatoms. The molecule has 0 unspecified atom stereocenters. The number of hydrogen-bond donors (Lipinski definition) is 3. The first-order chi connectivity index (χ1) is 13.0. The average molecular weight is 402 g/mol. The number of halogens is 1. The van der Waals surface area contributed by atoms with Crippen molar-refractivity contribution in [2.75, 3.05) is 0 Å². The van der Waals surface area contributed by atoms with E-state index in [4.69, 9.17) is 23.8 Å². The Bertz CT molecular complexity index is 1040. The van der Waals surface area contributed by atoms with Gasteiger partial charge >= 0.3 is 0 Å². The zero-order valence-electron chi connectivity index (χ0n) is 14.3. The van der Waals surface area contributed by atoms with E-state index in [0.717, 1.165) is 11.1 Å². The number of nitrogens with one attached hydrogen (secondary N) is 3. The maximum absolute atomic E-state index is 12.3. The molecule has 2 aromatic carbocycles. The standard InChI is InChI=1S/C18H16ClN5O2S/c1-11-6-8-12(9-7-11)16-21-23-18(27)24(16)10-15(25)20-22-17(26)13-4-2-3-5-14(13)19/h2-9H,10H2,1H3,(H,20,25)(H,22,26)(H,23,27). The number of hydrazine groups is 1. The second kappa shape index (κ2) is 8.15. The third-order valence-electron chi connectivity index (χ3n) is 3.80. The molecular formula is C18H16ClN5O2S. The summed E-state index contributed by atoms with van der Waals surface area (Å²) in [6.07, 6.45) is 0. The highest BCUT2D eigenvalue weighted by Gasteiger charge is 2.14. The Morgan fingerprint density at radius 3 is 2.56 bits per heavy atom. The van der Waals surface area contributed by atoms with E-state index in [9.17, 15) is 9.59 Å². The van der Waals surface area contributed by atoms with Gasteiger partial charge in [0.25, 0.3) is 11.8 Å². The van der Waals surface area contributed by atoms with Crippen LogP contribution in [0.25, 0.3) is 11.4 Å². The lowest BCUT2D eigenvalue weighted by molar-refractivity contribution is -0.122. The monoisotopic (exact) mass is 401 g/mol. The van der Waals surface area contributed by atoms with Crippen molar-refractivity contribution in [3.63, 3.8) is 0 Å². The fraction of sp³-hybridized carbons (Fsp3) is 0.111. The van der Waals surface area contributed by atoms with Gasteiger partial charge in [0.05, 0.1) is 10.6 Å². The van der Waals surface area contributed by atoms with Crippen LogP contribution in [0.15, 0.2) is 48.5 Å². The molecule has 3 rings (SSSR count). The van der Waals surface area contributed by atoms with Crippen LogP contribution in [0.4, 0.5) is 0 Å². The molecule has 0 radical (unpaired) electrons. The summed E-state index contributed by atoms with van der Waals surface area (Å²) < 4.78 is 1.86. The lowest BCUT2D eigenvalue weighted by Gasteiger charge is -2.10. The number of carbonyl (C=O) groups is 2. The van der Waals surface area contributed by atoms with Crippen molar-refractivity contribution in [1.82, 2.24) is 25.6 Å². The molecule has 3 aromatic rings. The largest absolute Gasteiger partial charge is 0.291 e. The molecule has 0 spiro atoms. The van der Waals surface area contributed by atoms with Crippen molar-refractivity contribution >= 4 is 35.6 Å². The van der Waals surface area contributed by atoms with Crippen molar-refractivity contribution < 1.29 is 9.59 Å². The Hall–Kier alpha value is -2.97. The molecule has 0 aliphatic carbocycles. The lowest BCUT2D eigenvalue weighted by Crippen LogP contribution is -2.43. The lowest BCUT2D eigenvalue weighted by atomic mass is 10.1. The van der Waals surface area contributed by atoms with E-state index in [1.54, 1.807) is 28.8 Å². The second-order valence-electron chi connectivity index (χ2n) is 5.79. The Labute approximate surface area is 165 Å². The minimum atomic E-state index is -0.511. The number of aryl methyl sites for hydroxylation is 1. The summed E-state index contributed by atoms with van der Waals surface area (Å²) in [7, 11) is 0. The van der Waals surface area contributed by atoms with Crippen LogP contribution in [0.1, 0.15) is 15.9 Å². The molecule has 3 N–H and O–H groups in total. The molecular weight excluding hydrogens is 386 g/mol. The van der Waals surface area contributed by atoms with Crippen LogP contribution < -0.4 is 10.9 Å². The van der Waals surface area contributed by atoms with Gasteiger partial charge < -0.3 is 0 Å². The van der Waals surface area contributed by atoms with Crippen molar-refractivity contribution in [2.45, 2.75) is 13.5 Å². The van der Waals surface area contributed by atoms with Gasteiger partial charge in [-0.05, 0) is 31.3 Å². The summed E-state index contributed by atoms with van der Waals surface area (Å²) in [5, 5.41) is 7.16. The van der Waals surface area contributed by atoms with E-state index in [1.807, 2.05) is 31.2 Å². The summed E-state index contributed by atoms with van der Waals surface area (Å²) in [5.41, 5.74) is 6.89. The first kappa shape index (κ1) is 18.8. The summed E-state index contributed by atoms with van der Waals surface area (Å²) in [5.74, 6) is -0.433. The van der Waals surface area contributed by atoms with Crippen LogP contribution in [-0.2, 0) is 11.3 Å². The Morgan fingerprint density at radius 1 is 1.15 bits per heavy atom. The zero-order valence-corrected chi connectivity index (χ0v) is 15.9. The van der Waals surface area contributed by atoms with E-state index in [1.165, 1.54) is 0 Å². The second-order valence-corrected chi connectivity index (χ2v) is 6.58. The molecule has 2 amide bonds. The Balaban J connectivity index is 1.69. The molecule has 0 aliphatic heterocycles. The molecule has 0 saturated heterocycles. The highest BCUT2D eigenvalue weighted by atomic mass is 35.5. The maximum Gasteiger partial charge on any atom is 0.271 e. The number of carbonyl (C=O) groups excluding carboxylic acids is 2. The summed E-state index contributed by atoms with van der Waals surface area (Å²) >= 11 is 11.2. The van der Waals surface area contributed by atoms with Gasteiger partial charge in [0.2, 0.25) is 0 Å². The fourth-order valence-electron chi connectivity index (χ4n) is 2.41. The van der Waals surface area contributed by atoms with Gasteiger partial charge in [-0.3, -0.25) is 30.1 Å². The minimum Gasteiger partial charge on any atom is -0.291 e. The third-order valence-corrected chi connectivity index (χ3v) is 4.44. The summed E-state index contributed by atoms with van der Waals surface area (Å²) in [6, 6.07) is 14.2.